The Kier molecular flexibility index (Phi) is 4.10. The molecule has 0 amide bonds. The highest BCUT2D eigenvalue weighted by atomic mass is 16.5. The van der Waals surface area contributed by atoms with E-state index in [0.29, 0.717) is 0 Å². The van der Waals surface area contributed by atoms with E-state index in [0.717, 1.165) is 17.1 Å². The van der Waals surface area contributed by atoms with Gasteiger partial charge in [0.15, 0.2) is 0 Å². The Balaban J connectivity index is 2.15. The van der Waals surface area contributed by atoms with Gasteiger partial charge < -0.3 is 9.47 Å². The summed E-state index contributed by atoms with van der Waals surface area (Å²) < 4.78 is 11.1. The van der Waals surface area contributed by atoms with Gasteiger partial charge in [0.05, 0.1) is 7.11 Å². The van der Waals surface area contributed by atoms with E-state index in [1.54, 1.807) is 7.11 Å². The highest BCUT2D eigenvalue weighted by molar-refractivity contribution is 5.35. The van der Waals surface area contributed by atoms with Crippen LogP contribution in [-0.2, 0) is 0 Å². The lowest BCUT2D eigenvalue weighted by Crippen LogP contribution is -2.06. The largest absolute Gasteiger partial charge is 0.497 e. The Morgan fingerprint density at radius 2 is 1.63 bits per heavy atom. The average molecular weight is 255 g/mol. The molecular formula is C17H19O2. The molecule has 2 rings (SSSR count). The quantitative estimate of drug-likeness (QED) is 0.813. The van der Waals surface area contributed by atoms with Gasteiger partial charge in [-0.1, -0.05) is 12.1 Å². The minimum Gasteiger partial charge on any atom is -0.497 e. The third-order valence-corrected chi connectivity index (χ3v) is 3.35. The molecule has 0 N–H and O–H groups in total. The predicted octanol–water partition coefficient (Wildman–Crippen LogP) is 4.25. The molecule has 0 saturated carbocycles. The maximum atomic E-state index is 5.95. The Bertz CT molecular complexity index is 544. The van der Waals surface area contributed by atoms with Gasteiger partial charge in [0.2, 0.25) is 0 Å². The smallest absolute Gasteiger partial charge is 0.122 e. The van der Waals surface area contributed by atoms with Crippen LogP contribution in [0.5, 0.6) is 11.5 Å². The maximum Gasteiger partial charge on any atom is 0.122 e. The van der Waals surface area contributed by atoms with E-state index in [1.807, 2.05) is 37.3 Å². The van der Waals surface area contributed by atoms with Crippen LogP contribution in [0.15, 0.2) is 36.4 Å². The second-order valence-electron chi connectivity index (χ2n) is 4.63. The van der Waals surface area contributed by atoms with Crippen molar-refractivity contribution < 1.29 is 9.47 Å². The normalized spacial score (nSPS) is 12.0. The van der Waals surface area contributed by atoms with Crippen molar-refractivity contribution in [2.45, 2.75) is 26.9 Å². The summed E-state index contributed by atoms with van der Waals surface area (Å²) in [5, 5.41) is 0. The zero-order valence-corrected chi connectivity index (χ0v) is 11.9. The lowest BCUT2D eigenvalue weighted by molar-refractivity contribution is 0.225. The molecule has 2 nitrogen and oxygen atoms in total. The van der Waals surface area contributed by atoms with Crippen LogP contribution in [0.4, 0.5) is 0 Å². The number of aryl methyl sites for hydroxylation is 1. The summed E-state index contributed by atoms with van der Waals surface area (Å²) in [5.74, 6) is 1.67. The van der Waals surface area contributed by atoms with Gasteiger partial charge in [0.1, 0.15) is 17.6 Å². The first-order chi connectivity index (χ1) is 9.11. The molecule has 2 aromatic carbocycles. The van der Waals surface area contributed by atoms with Crippen LogP contribution >= 0.6 is 0 Å². The summed E-state index contributed by atoms with van der Waals surface area (Å²) in [7, 11) is 1.66. The molecule has 0 aliphatic carbocycles. The molecule has 0 fully saturated rings. The third-order valence-electron chi connectivity index (χ3n) is 3.35. The van der Waals surface area contributed by atoms with E-state index < -0.39 is 0 Å². The van der Waals surface area contributed by atoms with Gasteiger partial charge in [-0.2, -0.15) is 0 Å². The van der Waals surface area contributed by atoms with E-state index in [9.17, 15) is 0 Å². The van der Waals surface area contributed by atoms with Gasteiger partial charge in [-0.05, 0) is 62.2 Å². The molecule has 2 heteroatoms. The average Bonchev–Trinajstić information content (AvgIpc) is 2.42. The summed E-state index contributed by atoms with van der Waals surface area (Å²) >= 11 is 0. The molecule has 1 radical (unpaired) electrons. The molecule has 0 heterocycles. The van der Waals surface area contributed by atoms with Crippen LogP contribution in [-0.4, -0.2) is 7.11 Å². The van der Waals surface area contributed by atoms with Gasteiger partial charge in [-0.3, -0.25) is 0 Å². The first-order valence-corrected chi connectivity index (χ1v) is 6.40. The van der Waals surface area contributed by atoms with Crippen LogP contribution in [0.3, 0.4) is 0 Å². The Morgan fingerprint density at radius 3 is 2.26 bits per heavy atom. The number of ether oxygens (including phenoxy) is 2. The van der Waals surface area contributed by atoms with E-state index >= 15 is 0 Å². The monoisotopic (exact) mass is 255 g/mol. The van der Waals surface area contributed by atoms with E-state index in [1.165, 1.54) is 11.1 Å². The zero-order chi connectivity index (χ0) is 13.8. The molecule has 1 unspecified atom stereocenters. The first kappa shape index (κ1) is 13.5. The van der Waals surface area contributed by atoms with Crippen molar-refractivity contribution in [2.24, 2.45) is 0 Å². The predicted molar refractivity (Wildman–Crippen MR) is 76.8 cm³/mol. The molecule has 19 heavy (non-hydrogen) atoms. The van der Waals surface area contributed by atoms with Gasteiger partial charge >= 0.3 is 0 Å². The number of hydrogen-bond donors (Lipinski definition) is 0. The number of benzene rings is 2. The van der Waals surface area contributed by atoms with Crippen molar-refractivity contribution in [1.29, 1.82) is 0 Å². The number of rotatable bonds is 4. The fraction of sp³-hybridized carbons (Fsp3) is 0.294. The highest BCUT2D eigenvalue weighted by Crippen LogP contribution is 2.26. The molecule has 99 valence electrons. The van der Waals surface area contributed by atoms with Gasteiger partial charge in [-0.15, -0.1) is 0 Å². The van der Waals surface area contributed by atoms with Crippen LogP contribution in [0.2, 0.25) is 0 Å². The first-order valence-electron chi connectivity index (χ1n) is 6.40. The van der Waals surface area contributed by atoms with Crippen molar-refractivity contribution in [2.75, 3.05) is 7.11 Å². The molecule has 0 bridgehead atoms. The topological polar surface area (TPSA) is 18.5 Å². The molecule has 1 atom stereocenters. The molecule has 0 aliphatic rings. The summed E-state index contributed by atoms with van der Waals surface area (Å²) in [6, 6.07) is 14.9. The maximum absolute atomic E-state index is 5.95. The van der Waals surface area contributed by atoms with Crippen molar-refractivity contribution in [3.63, 3.8) is 0 Å². The molecular weight excluding hydrogens is 236 g/mol. The third kappa shape index (κ3) is 3.08. The Morgan fingerprint density at radius 1 is 1.00 bits per heavy atom. The van der Waals surface area contributed by atoms with E-state index in [4.69, 9.17) is 9.47 Å². The van der Waals surface area contributed by atoms with Crippen molar-refractivity contribution in [3.8, 4) is 11.5 Å². The van der Waals surface area contributed by atoms with Crippen molar-refractivity contribution in [3.05, 3.63) is 59.2 Å². The summed E-state index contributed by atoms with van der Waals surface area (Å²) in [6.45, 7) is 6.25. The van der Waals surface area contributed by atoms with Crippen molar-refractivity contribution in [1.82, 2.24) is 0 Å². The van der Waals surface area contributed by atoms with Gasteiger partial charge in [0.25, 0.3) is 0 Å². The van der Waals surface area contributed by atoms with Crippen LogP contribution < -0.4 is 9.47 Å². The standard InChI is InChI=1S/C17H19O2/c1-12-6-5-7-17(13(12)2)14(3)19-16-10-8-15(18-4)9-11-16/h5-6,8-11,14H,1-4H3. The fourth-order valence-electron chi connectivity index (χ4n) is 2.04. The molecule has 0 spiro atoms. The van der Waals surface area contributed by atoms with Crippen LogP contribution in [0.25, 0.3) is 0 Å². The molecule has 2 aromatic rings. The second kappa shape index (κ2) is 5.79. The summed E-state index contributed by atoms with van der Waals surface area (Å²) in [4.78, 5) is 0. The highest BCUT2D eigenvalue weighted by Gasteiger charge is 2.11. The SMILES string of the molecule is COc1ccc(OC(C)c2[c]ccc(C)c2C)cc1. The molecule has 0 saturated heterocycles. The second-order valence-corrected chi connectivity index (χ2v) is 4.63. The minimum atomic E-state index is -0.0201. The zero-order valence-electron chi connectivity index (χ0n) is 11.9. The number of hydrogen-bond acceptors (Lipinski definition) is 2. The molecule has 0 aromatic heterocycles. The molecule has 0 aliphatic heterocycles. The summed E-state index contributed by atoms with van der Waals surface area (Å²) in [6.07, 6.45) is -0.0201. The fourth-order valence-corrected chi connectivity index (χ4v) is 2.04. The van der Waals surface area contributed by atoms with Crippen LogP contribution in [0, 0.1) is 19.9 Å². The lowest BCUT2D eigenvalue weighted by atomic mass is 10.00. The van der Waals surface area contributed by atoms with Crippen molar-refractivity contribution >= 4 is 0 Å². The lowest BCUT2D eigenvalue weighted by Gasteiger charge is -2.18. The van der Waals surface area contributed by atoms with E-state index in [2.05, 4.69) is 26.0 Å². The number of methoxy groups -OCH3 is 1. The minimum absolute atomic E-state index is 0.0201. The summed E-state index contributed by atoms with van der Waals surface area (Å²) in [5.41, 5.74) is 3.61. The Labute approximate surface area is 115 Å². The van der Waals surface area contributed by atoms with Gasteiger partial charge in [0, 0.05) is 5.56 Å². The van der Waals surface area contributed by atoms with Crippen LogP contribution in [0.1, 0.15) is 29.7 Å². The van der Waals surface area contributed by atoms with E-state index in [-0.39, 0.29) is 6.10 Å². The van der Waals surface area contributed by atoms with Gasteiger partial charge in [-0.25, -0.2) is 0 Å². The Hall–Kier alpha value is -1.96.